The van der Waals surface area contributed by atoms with E-state index < -0.39 is 5.82 Å². The second-order valence-electron chi connectivity index (χ2n) is 5.85. The zero-order valence-electron chi connectivity index (χ0n) is 11.9. The number of ketones is 1. The summed E-state index contributed by atoms with van der Waals surface area (Å²) < 4.78 is 19.5. The van der Waals surface area contributed by atoms with E-state index in [1.54, 1.807) is 0 Å². The van der Waals surface area contributed by atoms with Gasteiger partial charge in [0.2, 0.25) is 0 Å². The molecule has 0 aliphatic carbocycles. The van der Waals surface area contributed by atoms with E-state index in [0.717, 1.165) is 6.07 Å². The summed E-state index contributed by atoms with van der Waals surface area (Å²) in [6.07, 6.45) is 1.40. The SMILES string of the molecule is CN1C2COCC1CC(C(=O)c1ccc(C#N)cc1F)C2. The third-order valence-electron chi connectivity index (χ3n) is 4.62. The minimum atomic E-state index is -0.598. The van der Waals surface area contributed by atoms with Crippen LogP contribution in [0.5, 0.6) is 0 Å². The molecule has 4 nitrogen and oxygen atoms in total. The number of nitriles is 1. The van der Waals surface area contributed by atoms with Crippen molar-refractivity contribution in [3.63, 3.8) is 0 Å². The Morgan fingerprint density at radius 2 is 2.05 bits per heavy atom. The molecule has 1 aromatic carbocycles. The first-order valence-corrected chi connectivity index (χ1v) is 7.13. The molecule has 0 saturated carbocycles. The molecule has 110 valence electrons. The summed E-state index contributed by atoms with van der Waals surface area (Å²) in [5.74, 6) is -0.913. The van der Waals surface area contributed by atoms with Gasteiger partial charge in [-0.25, -0.2) is 4.39 Å². The number of likely N-dealkylation sites (N-methyl/N-ethyl adjacent to an activating group) is 1. The van der Waals surface area contributed by atoms with Crippen LogP contribution >= 0.6 is 0 Å². The van der Waals surface area contributed by atoms with Crippen molar-refractivity contribution in [3.05, 3.63) is 35.1 Å². The topological polar surface area (TPSA) is 53.3 Å². The highest BCUT2D eigenvalue weighted by Crippen LogP contribution is 2.32. The lowest BCUT2D eigenvalue weighted by Gasteiger charge is -2.46. The largest absolute Gasteiger partial charge is 0.378 e. The minimum absolute atomic E-state index is 0.0996. The number of halogens is 1. The van der Waals surface area contributed by atoms with Gasteiger partial charge >= 0.3 is 0 Å². The molecular formula is C16H17FN2O2. The molecule has 3 rings (SSSR count). The van der Waals surface area contributed by atoms with Crippen LogP contribution in [-0.2, 0) is 4.74 Å². The second-order valence-corrected chi connectivity index (χ2v) is 5.85. The van der Waals surface area contributed by atoms with E-state index in [9.17, 15) is 9.18 Å². The number of rotatable bonds is 2. The summed E-state index contributed by atoms with van der Waals surface area (Å²) in [4.78, 5) is 14.8. The van der Waals surface area contributed by atoms with Crippen LogP contribution in [0.4, 0.5) is 4.39 Å². The maximum Gasteiger partial charge on any atom is 0.169 e. The number of hydrogen-bond donors (Lipinski definition) is 0. The Kier molecular flexibility index (Phi) is 3.75. The van der Waals surface area contributed by atoms with E-state index in [4.69, 9.17) is 10.00 Å². The number of fused-ring (bicyclic) bond motifs is 2. The summed E-state index contributed by atoms with van der Waals surface area (Å²) in [6, 6.07) is 6.39. The molecule has 2 aliphatic heterocycles. The van der Waals surface area contributed by atoms with E-state index in [-0.39, 0.29) is 34.9 Å². The van der Waals surface area contributed by atoms with Crippen LogP contribution in [0.1, 0.15) is 28.8 Å². The van der Waals surface area contributed by atoms with E-state index in [2.05, 4.69) is 11.9 Å². The molecule has 0 amide bonds. The van der Waals surface area contributed by atoms with Crippen molar-refractivity contribution in [1.82, 2.24) is 4.90 Å². The Hall–Kier alpha value is -1.77. The molecule has 2 fully saturated rings. The highest BCUT2D eigenvalue weighted by atomic mass is 19.1. The number of piperidine rings is 1. The van der Waals surface area contributed by atoms with Gasteiger partial charge in [-0.2, -0.15) is 5.26 Å². The van der Waals surface area contributed by atoms with Crippen molar-refractivity contribution >= 4 is 5.78 Å². The number of morpholine rings is 1. The molecule has 2 bridgehead atoms. The fraction of sp³-hybridized carbons (Fsp3) is 0.500. The van der Waals surface area contributed by atoms with Crippen molar-refractivity contribution < 1.29 is 13.9 Å². The van der Waals surface area contributed by atoms with E-state index in [1.165, 1.54) is 12.1 Å². The van der Waals surface area contributed by atoms with Crippen LogP contribution in [0.3, 0.4) is 0 Å². The van der Waals surface area contributed by atoms with Gasteiger partial charge < -0.3 is 4.74 Å². The molecule has 2 heterocycles. The lowest BCUT2D eigenvalue weighted by molar-refractivity contribution is -0.0702. The summed E-state index contributed by atoms with van der Waals surface area (Å²) in [6.45, 7) is 1.26. The molecule has 5 heteroatoms. The molecule has 2 unspecified atom stereocenters. The Bertz CT molecular complexity index is 597. The fourth-order valence-electron chi connectivity index (χ4n) is 3.31. The quantitative estimate of drug-likeness (QED) is 0.781. The number of carbonyl (C=O) groups excluding carboxylic acids is 1. The van der Waals surface area contributed by atoms with Crippen LogP contribution < -0.4 is 0 Å². The van der Waals surface area contributed by atoms with Gasteiger partial charge in [0, 0.05) is 18.0 Å². The van der Waals surface area contributed by atoms with E-state index in [0.29, 0.717) is 26.1 Å². The van der Waals surface area contributed by atoms with Gasteiger partial charge in [-0.15, -0.1) is 0 Å². The molecule has 2 saturated heterocycles. The van der Waals surface area contributed by atoms with Crippen molar-refractivity contribution in [2.75, 3.05) is 20.3 Å². The van der Waals surface area contributed by atoms with E-state index >= 15 is 0 Å². The number of Topliss-reactive ketones (excluding diaryl/α,β-unsaturated/α-hetero) is 1. The monoisotopic (exact) mass is 288 g/mol. The lowest BCUT2D eigenvalue weighted by atomic mass is 9.81. The summed E-state index contributed by atoms with van der Waals surface area (Å²) >= 11 is 0. The molecule has 1 aromatic rings. The van der Waals surface area contributed by atoms with Crippen molar-refractivity contribution in [1.29, 1.82) is 5.26 Å². The molecular weight excluding hydrogens is 271 g/mol. The Balaban J connectivity index is 1.81. The Morgan fingerprint density at radius 1 is 1.38 bits per heavy atom. The van der Waals surface area contributed by atoms with Crippen molar-refractivity contribution in [2.45, 2.75) is 24.9 Å². The molecule has 0 N–H and O–H groups in total. The predicted octanol–water partition coefficient (Wildman–Crippen LogP) is 1.99. The predicted molar refractivity (Wildman–Crippen MR) is 74.3 cm³/mol. The number of hydrogen-bond acceptors (Lipinski definition) is 4. The Morgan fingerprint density at radius 3 is 2.62 bits per heavy atom. The first-order valence-electron chi connectivity index (χ1n) is 7.13. The highest BCUT2D eigenvalue weighted by Gasteiger charge is 2.40. The normalized spacial score (nSPS) is 28.9. The van der Waals surface area contributed by atoms with Gasteiger partial charge in [0.15, 0.2) is 5.78 Å². The lowest BCUT2D eigenvalue weighted by Crippen LogP contribution is -2.55. The summed E-state index contributed by atoms with van der Waals surface area (Å²) in [5, 5.41) is 8.76. The second kappa shape index (κ2) is 5.55. The average molecular weight is 288 g/mol. The number of benzene rings is 1. The Labute approximate surface area is 123 Å². The maximum absolute atomic E-state index is 14.0. The first kappa shape index (κ1) is 14.2. The molecule has 0 aromatic heterocycles. The molecule has 0 spiro atoms. The number of nitrogens with zero attached hydrogens (tertiary/aromatic N) is 2. The third kappa shape index (κ3) is 2.57. The van der Waals surface area contributed by atoms with Gasteiger partial charge in [-0.05, 0) is 38.1 Å². The van der Waals surface area contributed by atoms with Gasteiger partial charge in [0.1, 0.15) is 5.82 Å². The molecule has 2 aliphatic rings. The molecule has 2 atom stereocenters. The van der Waals surface area contributed by atoms with Gasteiger partial charge in [-0.3, -0.25) is 9.69 Å². The van der Waals surface area contributed by atoms with Crippen LogP contribution in [0, 0.1) is 23.1 Å². The smallest absolute Gasteiger partial charge is 0.169 e. The maximum atomic E-state index is 14.0. The molecule has 21 heavy (non-hydrogen) atoms. The summed E-state index contributed by atoms with van der Waals surface area (Å²) in [5.41, 5.74) is 0.334. The van der Waals surface area contributed by atoms with Crippen molar-refractivity contribution in [3.8, 4) is 6.07 Å². The number of carbonyl (C=O) groups is 1. The fourth-order valence-corrected chi connectivity index (χ4v) is 3.31. The van der Waals surface area contributed by atoms with Gasteiger partial charge in [0.25, 0.3) is 0 Å². The zero-order chi connectivity index (χ0) is 15.0. The highest BCUT2D eigenvalue weighted by molar-refractivity contribution is 5.98. The third-order valence-corrected chi connectivity index (χ3v) is 4.62. The van der Waals surface area contributed by atoms with Gasteiger partial charge in [-0.1, -0.05) is 0 Å². The van der Waals surface area contributed by atoms with Crippen molar-refractivity contribution in [2.24, 2.45) is 5.92 Å². The van der Waals surface area contributed by atoms with Gasteiger partial charge in [0.05, 0.1) is 30.4 Å². The standard InChI is InChI=1S/C16H17FN2O2/c1-19-12-5-11(6-13(19)9-21-8-12)16(20)14-3-2-10(7-18)4-15(14)17/h2-4,11-13H,5-6,8-9H2,1H3. The van der Waals surface area contributed by atoms with Crippen LogP contribution in [-0.4, -0.2) is 43.0 Å². The van der Waals surface area contributed by atoms with Crippen LogP contribution in [0.15, 0.2) is 18.2 Å². The average Bonchev–Trinajstić information content (AvgIpc) is 2.46. The van der Waals surface area contributed by atoms with Crippen LogP contribution in [0.2, 0.25) is 0 Å². The number of ether oxygens (including phenoxy) is 1. The zero-order valence-corrected chi connectivity index (χ0v) is 11.9. The van der Waals surface area contributed by atoms with E-state index in [1.807, 2.05) is 6.07 Å². The molecule has 0 radical (unpaired) electrons. The summed E-state index contributed by atoms with van der Waals surface area (Å²) in [7, 11) is 2.06. The van der Waals surface area contributed by atoms with Crippen LogP contribution in [0.25, 0.3) is 0 Å². The first-order chi connectivity index (χ1) is 10.1. The minimum Gasteiger partial charge on any atom is -0.378 e.